The molecule has 4 heteroatoms. The molecular weight excluding hydrogens is 194 g/mol. The molecular formula is C11H10NO3+. The fourth-order valence-corrected chi connectivity index (χ4v) is 1.52. The van der Waals surface area contributed by atoms with Crippen LogP contribution in [0.25, 0.3) is 10.9 Å². The van der Waals surface area contributed by atoms with E-state index in [1.165, 1.54) is 13.3 Å². The summed E-state index contributed by atoms with van der Waals surface area (Å²) in [5.41, 5.74) is 1.01. The number of carbonyl (C=O) groups excluding carboxylic acids is 1. The molecule has 0 saturated carbocycles. The predicted molar refractivity (Wildman–Crippen MR) is 52.7 cm³/mol. The molecule has 2 aromatic rings. The fraction of sp³-hybridized carbons (Fsp3) is 0.0909. The van der Waals surface area contributed by atoms with Gasteiger partial charge in [0.2, 0.25) is 6.20 Å². The monoisotopic (exact) mass is 204 g/mol. The van der Waals surface area contributed by atoms with Crippen molar-refractivity contribution in [3.05, 3.63) is 42.1 Å². The van der Waals surface area contributed by atoms with E-state index in [1.807, 2.05) is 0 Å². The molecule has 15 heavy (non-hydrogen) atoms. The molecule has 0 aliphatic rings. The summed E-state index contributed by atoms with van der Waals surface area (Å²) in [7, 11) is 1.33. The minimum absolute atomic E-state index is 0.410. The highest BCUT2D eigenvalue weighted by molar-refractivity contribution is 6.02. The Bertz CT molecular complexity index is 522. The summed E-state index contributed by atoms with van der Waals surface area (Å²) in [6.07, 6.45) is 1.50. The Hall–Kier alpha value is -2.10. The molecule has 0 aliphatic carbocycles. The van der Waals surface area contributed by atoms with Crippen molar-refractivity contribution in [1.29, 1.82) is 0 Å². The maximum atomic E-state index is 11.4. The van der Waals surface area contributed by atoms with Crippen molar-refractivity contribution >= 4 is 16.9 Å². The average Bonchev–Trinajstić information content (AvgIpc) is 2.28. The van der Waals surface area contributed by atoms with E-state index in [9.17, 15) is 10.0 Å². The van der Waals surface area contributed by atoms with Gasteiger partial charge < -0.3 is 4.74 Å². The average molecular weight is 204 g/mol. The minimum atomic E-state index is -0.410. The van der Waals surface area contributed by atoms with Crippen LogP contribution in [0, 0.1) is 0 Å². The number of nitrogens with zero attached hydrogens (tertiary/aromatic N) is 1. The van der Waals surface area contributed by atoms with Gasteiger partial charge in [0.15, 0.2) is 0 Å². The van der Waals surface area contributed by atoms with Crippen LogP contribution < -0.4 is 4.73 Å². The third-order valence-corrected chi connectivity index (χ3v) is 2.23. The number of pyridine rings is 1. The molecule has 1 aromatic heterocycles. The van der Waals surface area contributed by atoms with E-state index in [0.717, 1.165) is 4.73 Å². The van der Waals surface area contributed by atoms with Gasteiger partial charge >= 0.3 is 5.97 Å². The number of carbonyl (C=O) groups is 1. The molecule has 0 fully saturated rings. The molecule has 1 heterocycles. The Morgan fingerprint density at radius 2 is 2.13 bits per heavy atom. The number of hydrogen-bond acceptors (Lipinski definition) is 3. The Kier molecular flexibility index (Phi) is 2.25. The van der Waals surface area contributed by atoms with E-state index < -0.39 is 5.97 Å². The lowest BCUT2D eigenvalue weighted by Gasteiger charge is -2.01. The Labute approximate surface area is 86.3 Å². The quantitative estimate of drug-likeness (QED) is 0.430. The van der Waals surface area contributed by atoms with Gasteiger partial charge in [-0.3, -0.25) is 5.21 Å². The summed E-state index contributed by atoms with van der Waals surface area (Å²) in [6.45, 7) is 0. The number of ether oxygens (including phenoxy) is 1. The summed E-state index contributed by atoms with van der Waals surface area (Å²) in [4.78, 5) is 11.4. The van der Waals surface area contributed by atoms with Crippen LogP contribution in [0.2, 0.25) is 0 Å². The zero-order chi connectivity index (χ0) is 10.8. The van der Waals surface area contributed by atoms with Crippen LogP contribution in [0.3, 0.4) is 0 Å². The van der Waals surface area contributed by atoms with E-state index >= 15 is 0 Å². The van der Waals surface area contributed by atoms with Gasteiger partial charge in [-0.1, -0.05) is 6.07 Å². The van der Waals surface area contributed by atoms with Gasteiger partial charge in [0.05, 0.1) is 18.1 Å². The third kappa shape index (κ3) is 1.50. The van der Waals surface area contributed by atoms with Gasteiger partial charge in [0, 0.05) is 16.9 Å². The van der Waals surface area contributed by atoms with E-state index in [-0.39, 0.29) is 0 Å². The molecule has 0 spiro atoms. The Morgan fingerprint density at radius 1 is 1.33 bits per heavy atom. The lowest BCUT2D eigenvalue weighted by Crippen LogP contribution is -2.30. The first-order chi connectivity index (χ1) is 7.24. The van der Waals surface area contributed by atoms with Gasteiger partial charge in [-0.25, -0.2) is 4.79 Å². The van der Waals surface area contributed by atoms with Crippen molar-refractivity contribution in [3.8, 4) is 0 Å². The fourth-order valence-electron chi connectivity index (χ4n) is 1.52. The van der Waals surface area contributed by atoms with Crippen molar-refractivity contribution in [2.75, 3.05) is 7.11 Å². The molecule has 0 aliphatic heterocycles. The highest BCUT2D eigenvalue weighted by atomic mass is 16.5. The van der Waals surface area contributed by atoms with Crippen molar-refractivity contribution in [2.45, 2.75) is 0 Å². The largest absolute Gasteiger partial charge is 0.465 e. The molecule has 0 radical (unpaired) electrons. The summed E-state index contributed by atoms with van der Waals surface area (Å²) in [5.74, 6) is -0.410. The zero-order valence-corrected chi connectivity index (χ0v) is 8.18. The third-order valence-electron chi connectivity index (χ3n) is 2.23. The van der Waals surface area contributed by atoms with E-state index in [4.69, 9.17) is 0 Å². The number of fused-ring (bicyclic) bond motifs is 1. The van der Waals surface area contributed by atoms with Crippen LogP contribution >= 0.6 is 0 Å². The summed E-state index contributed by atoms with van der Waals surface area (Å²) >= 11 is 0. The first kappa shape index (κ1) is 9.45. The van der Waals surface area contributed by atoms with Gasteiger partial charge in [0.1, 0.15) is 0 Å². The highest BCUT2D eigenvalue weighted by Crippen LogP contribution is 2.15. The standard InChI is InChI=1S/C11H10NO3/c1-15-11(13)9-4-2-6-10-8(9)5-3-7-12(10)14/h2-7,14H,1H3/q+1. The van der Waals surface area contributed by atoms with Crippen molar-refractivity contribution < 1.29 is 19.5 Å². The van der Waals surface area contributed by atoms with Crippen LogP contribution in [0.15, 0.2) is 36.5 Å². The van der Waals surface area contributed by atoms with Crippen LogP contribution in [-0.2, 0) is 4.74 Å². The molecule has 1 N–H and O–H groups in total. The number of rotatable bonds is 1. The van der Waals surface area contributed by atoms with E-state index in [1.54, 1.807) is 30.3 Å². The number of esters is 1. The molecule has 2 rings (SSSR count). The highest BCUT2D eigenvalue weighted by Gasteiger charge is 2.15. The first-order valence-corrected chi connectivity index (χ1v) is 4.45. The second-order valence-corrected chi connectivity index (χ2v) is 3.08. The van der Waals surface area contributed by atoms with Crippen LogP contribution in [-0.4, -0.2) is 18.3 Å². The first-order valence-electron chi connectivity index (χ1n) is 4.45. The van der Waals surface area contributed by atoms with Crippen molar-refractivity contribution in [1.82, 2.24) is 0 Å². The molecule has 0 unspecified atom stereocenters. The molecule has 0 atom stereocenters. The molecule has 1 aromatic carbocycles. The van der Waals surface area contributed by atoms with E-state index in [2.05, 4.69) is 4.74 Å². The Morgan fingerprint density at radius 3 is 2.87 bits per heavy atom. The molecule has 76 valence electrons. The predicted octanol–water partition coefficient (Wildman–Crippen LogP) is 1.15. The van der Waals surface area contributed by atoms with Crippen molar-refractivity contribution in [2.24, 2.45) is 0 Å². The maximum absolute atomic E-state index is 11.4. The van der Waals surface area contributed by atoms with Gasteiger partial charge in [-0.2, -0.15) is 0 Å². The molecule has 0 bridgehead atoms. The van der Waals surface area contributed by atoms with Gasteiger partial charge in [-0.05, 0) is 12.1 Å². The number of methoxy groups -OCH3 is 1. The SMILES string of the molecule is COC(=O)c1cccc2c1ccc[n+]2O. The normalized spacial score (nSPS) is 10.2. The molecule has 4 nitrogen and oxygen atoms in total. The second kappa shape index (κ2) is 3.57. The second-order valence-electron chi connectivity index (χ2n) is 3.08. The maximum Gasteiger partial charge on any atom is 0.338 e. The smallest absolute Gasteiger partial charge is 0.338 e. The lowest BCUT2D eigenvalue weighted by molar-refractivity contribution is -0.884. The summed E-state index contributed by atoms with van der Waals surface area (Å²) in [5, 5.41) is 10.2. The van der Waals surface area contributed by atoms with Gasteiger partial charge in [-0.15, -0.1) is 0 Å². The molecule has 0 amide bonds. The van der Waals surface area contributed by atoms with Crippen molar-refractivity contribution in [3.63, 3.8) is 0 Å². The van der Waals surface area contributed by atoms with Crippen LogP contribution in [0.1, 0.15) is 10.4 Å². The van der Waals surface area contributed by atoms with Crippen LogP contribution in [0.5, 0.6) is 0 Å². The number of hydrogen-bond donors (Lipinski definition) is 1. The number of benzene rings is 1. The Balaban J connectivity index is 2.77. The zero-order valence-electron chi connectivity index (χ0n) is 8.18. The summed E-state index contributed by atoms with van der Waals surface area (Å²) < 4.78 is 5.63. The number of aromatic nitrogens is 1. The topological polar surface area (TPSA) is 50.4 Å². The van der Waals surface area contributed by atoms with E-state index in [0.29, 0.717) is 16.5 Å². The summed E-state index contributed by atoms with van der Waals surface area (Å²) in [6, 6.07) is 8.50. The minimum Gasteiger partial charge on any atom is -0.465 e. The molecule has 0 saturated heterocycles. The van der Waals surface area contributed by atoms with Gasteiger partial charge in [0.25, 0.3) is 5.52 Å². The lowest BCUT2D eigenvalue weighted by atomic mass is 10.1. The van der Waals surface area contributed by atoms with Crippen LogP contribution in [0.4, 0.5) is 0 Å².